The highest BCUT2D eigenvalue weighted by Crippen LogP contribution is 2.27. The Kier molecular flexibility index (Phi) is 3.92. The van der Waals surface area contributed by atoms with Crippen molar-refractivity contribution in [1.29, 1.82) is 0 Å². The highest BCUT2D eigenvalue weighted by molar-refractivity contribution is 7.89. The summed E-state index contributed by atoms with van der Waals surface area (Å²) in [5.41, 5.74) is 0. The van der Waals surface area contributed by atoms with E-state index in [4.69, 9.17) is 0 Å². The molecule has 1 fully saturated rings. The summed E-state index contributed by atoms with van der Waals surface area (Å²) in [6, 6.07) is 6.12. The maximum Gasteiger partial charge on any atom is 0.246 e. The van der Waals surface area contributed by atoms with Gasteiger partial charge in [0.25, 0.3) is 0 Å². The Labute approximate surface area is 108 Å². The van der Waals surface area contributed by atoms with Gasteiger partial charge in [0.15, 0.2) is 0 Å². The summed E-state index contributed by atoms with van der Waals surface area (Å²) in [6.45, 7) is 3.23. The third-order valence-electron chi connectivity index (χ3n) is 3.46. The van der Waals surface area contributed by atoms with E-state index in [1.807, 2.05) is 0 Å². The van der Waals surface area contributed by atoms with E-state index in [0.717, 1.165) is 19.3 Å². The summed E-state index contributed by atoms with van der Waals surface area (Å²) < 4.78 is 26.4. The predicted molar refractivity (Wildman–Crippen MR) is 69.9 cm³/mol. The van der Waals surface area contributed by atoms with Crippen LogP contribution in [-0.2, 0) is 10.0 Å². The van der Waals surface area contributed by atoms with Crippen LogP contribution in [0.5, 0.6) is 5.75 Å². The van der Waals surface area contributed by atoms with Crippen LogP contribution in [0.1, 0.15) is 26.2 Å². The third kappa shape index (κ3) is 2.67. The predicted octanol–water partition coefficient (Wildman–Crippen LogP) is 2.20. The lowest BCUT2D eigenvalue weighted by Crippen LogP contribution is -2.32. The van der Waals surface area contributed by atoms with Crippen molar-refractivity contribution in [3.8, 4) is 5.75 Å². The molecular weight excluding hydrogens is 250 g/mol. The molecule has 1 aliphatic heterocycles. The molecule has 1 N–H and O–H groups in total. The molecule has 0 saturated carbocycles. The molecule has 1 aromatic rings. The number of rotatable bonds is 2. The quantitative estimate of drug-likeness (QED) is 0.895. The van der Waals surface area contributed by atoms with Crippen molar-refractivity contribution in [2.45, 2.75) is 31.1 Å². The van der Waals surface area contributed by atoms with Crippen LogP contribution in [0.25, 0.3) is 0 Å². The zero-order chi connectivity index (χ0) is 13.2. The molecule has 1 heterocycles. The van der Waals surface area contributed by atoms with Crippen LogP contribution in [0.3, 0.4) is 0 Å². The first-order chi connectivity index (χ1) is 8.51. The Balaban J connectivity index is 2.28. The van der Waals surface area contributed by atoms with Gasteiger partial charge in [0.1, 0.15) is 10.6 Å². The Morgan fingerprint density at radius 2 is 1.94 bits per heavy atom. The number of phenolic OH excluding ortho intramolecular Hbond substituents is 1. The molecule has 2 rings (SSSR count). The number of para-hydroxylation sites is 1. The molecule has 1 aliphatic rings. The lowest BCUT2D eigenvalue weighted by molar-refractivity contribution is 0.408. The van der Waals surface area contributed by atoms with Crippen molar-refractivity contribution >= 4 is 10.0 Å². The van der Waals surface area contributed by atoms with Crippen LogP contribution in [0.4, 0.5) is 0 Å². The van der Waals surface area contributed by atoms with E-state index in [-0.39, 0.29) is 10.6 Å². The molecule has 1 unspecified atom stereocenters. The van der Waals surface area contributed by atoms with E-state index in [2.05, 4.69) is 6.92 Å². The maximum absolute atomic E-state index is 12.4. The number of sulfonamides is 1. The van der Waals surface area contributed by atoms with Crippen molar-refractivity contribution in [2.24, 2.45) is 5.92 Å². The van der Waals surface area contributed by atoms with Crippen LogP contribution < -0.4 is 0 Å². The molecule has 0 spiro atoms. The van der Waals surface area contributed by atoms with Crippen molar-refractivity contribution in [3.05, 3.63) is 24.3 Å². The van der Waals surface area contributed by atoms with Gasteiger partial charge in [-0.1, -0.05) is 19.1 Å². The summed E-state index contributed by atoms with van der Waals surface area (Å²) in [4.78, 5) is 0.0135. The van der Waals surface area contributed by atoms with Gasteiger partial charge >= 0.3 is 0 Å². The monoisotopic (exact) mass is 269 g/mol. The first kappa shape index (κ1) is 13.4. The Morgan fingerprint density at radius 3 is 2.67 bits per heavy atom. The lowest BCUT2D eigenvalue weighted by atomic mass is 10.0. The fourth-order valence-electron chi connectivity index (χ4n) is 2.29. The van der Waals surface area contributed by atoms with E-state index in [1.54, 1.807) is 12.1 Å². The smallest absolute Gasteiger partial charge is 0.246 e. The van der Waals surface area contributed by atoms with Gasteiger partial charge in [0, 0.05) is 13.1 Å². The lowest BCUT2D eigenvalue weighted by Gasteiger charge is -2.20. The van der Waals surface area contributed by atoms with E-state index < -0.39 is 10.0 Å². The van der Waals surface area contributed by atoms with Crippen LogP contribution in [-0.4, -0.2) is 30.9 Å². The molecule has 1 atom stereocenters. The van der Waals surface area contributed by atoms with Crippen LogP contribution in [0.2, 0.25) is 0 Å². The molecule has 0 bridgehead atoms. The molecule has 0 amide bonds. The Bertz CT molecular complexity index is 513. The maximum atomic E-state index is 12.4. The number of aromatic hydroxyl groups is 1. The first-order valence-electron chi connectivity index (χ1n) is 6.30. The van der Waals surface area contributed by atoms with Crippen molar-refractivity contribution in [2.75, 3.05) is 13.1 Å². The van der Waals surface area contributed by atoms with Gasteiger partial charge in [-0.25, -0.2) is 8.42 Å². The molecule has 0 aliphatic carbocycles. The molecule has 18 heavy (non-hydrogen) atoms. The molecule has 0 aromatic heterocycles. The number of hydrogen-bond donors (Lipinski definition) is 1. The SMILES string of the molecule is CC1CCCN(S(=O)(=O)c2ccccc2O)CC1. The van der Waals surface area contributed by atoms with Crippen LogP contribution in [0.15, 0.2) is 29.2 Å². The van der Waals surface area contributed by atoms with Gasteiger partial charge in [0.05, 0.1) is 0 Å². The fourth-order valence-corrected chi connectivity index (χ4v) is 3.87. The van der Waals surface area contributed by atoms with Crippen LogP contribution >= 0.6 is 0 Å². The number of phenols is 1. The highest BCUT2D eigenvalue weighted by Gasteiger charge is 2.28. The molecule has 0 radical (unpaired) electrons. The van der Waals surface area contributed by atoms with Crippen LogP contribution in [0, 0.1) is 5.92 Å². The van der Waals surface area contributed by atoms with E-state index >= 15 is 0 Å². The Morgan fingerprint density at radius 1 is 1.22 bits per heavy atom. The second-order valence-corrected chi connectivity index (χ2v) is 6.81. The second-order valence-electron chi connectivity index (χ2n) is 4.91. The summed E-state index contributed by atoms with van der Waals surface area (Å²) >= 11 is 0. The molecule has 1 aromatic carbocycles. The first-order valence-corrected chi connectivity index (χ1v) is 7.74. The molecule has 4 nitrogen and oxygen atoms in total. The second kappa shape index (κ2) is 5.28. The van der Waals surface area contributed by atoms with Gasteiger partial charge in [-0.15, -0.1) is 0 Å². The summed E-state index contributed by atoms with van der Waals surface area (Å²) in [5, 5.41) is 9.69. The van der Waals surface area contributed by atoms with Crippen molar-refractivity contribution in [3.63, 3.8) is 0 Å². The number of hydrogen-bond acceptors (Lipinski definition) is 3. The zero-order valence-electron chi connectivity index (χ0n) is 10.5. The highest BCUT2D eigenvalue weighted by atomic mass is 32.2. The Hall–Kier alpha value is -1.07. The fraction of sp³-hybridized carbons (Fsp3) is 0.538. The average Bonchev–Trinajstić information content (AvgIpc) is 2.54. The zero-order valence-corrected chi connectivity index (χ0v) is 11.4. The third-order valence-corrected chi connectivity index (χ3v) is 5.40. The van der Waals surface area contributed by atoms with E-state index in [0.29, 0.717) is 19.0 Å². The normalized spacial score (nSPS) is 22.6. The summed E-state index contributed by atoms with van der Waals surface area (Å²) in [6.07, 6.45) is 2.83. The standard InChI is InChI=1S/C13H19NO3S/c1-11-5-4-9-14(10-8-11)18(16,17)13-7-3-2-6-12(13)15/h2-3,6-7,11,15H,4-5,8-10H2,1H3. The van der Waals surface area contributed by atoms with E-state index in [1.165, 1.54) is 16.4 Å². The number of nitrogens with zero attached hydrogens (tertiary/aromatic N) is 1. The minimum Gasteiger partial charge on any atom is -0.507 e. The number of benzene rings is 1. The topological polar surface area (TPSA) is 57.6 Å². The minimum absolute atomic E-state index is 0.0135. The summed E-state index contributed by atoms with van der Waals surface area (Å²) in [7, 11) is -3.56. The van der Waals surface area contributed by atoms with Crippen molar-refractivity contribution in [1.82, 2.24) is 4.31 Å². The molecular formula is C13H19NO3S. The molecule has 100 valence electrons. The van der Waals surface area contributed by atoms with Crippen molar-refractivity contribution < 1.29 is 13.5 Å². The minimum atomic E-state index is -3.56. The van der Waals surface area contributed by atoms with Gasteiger partial charge < -0.3 is 5.11 Å². The van der Waals surface area contributed by atoms with Gasteiger partial charge in [-0.3, -0.25) is 0 Å². The largest absolute Gasteiger partial charge is 0.507 e. The average molecular weight is 269 g/mol. The van der Waals surface area contributed by atoms with Gasteiger partial charge in [0.2, 0.25) is 10.0 Å². The molecule has 1 saturated heterocycles. The van der Waals surface area contributed by atoms with Gasteiger partial charge in [-0.05, 0) is 37.3 Å². The molecule has 5 heteroatoms. The summed E-state index contributed by atoms with van der Waals surface area (Å²) in [5.74, 6) is 0.393. The van der Waals surface area contributed by atoms with Gasteiger partial charge in [-0.2, -0.15) is 4.31 Å². The van der Waals surface area contributed by atoms with E-state index in [9.17, 15) is 13.5 Å².